The number of nitro benzene ring substituents is 1. The number of halogens is 2. The number of nitro groups is 1. The van der Waals surface area contributed by atoms with Crippen LogP contribution in [0.3, 0.4) is 0 Å². The Labute approximate surface area is 164 Å². The molecular weight excluding hydrogens is 377 g/mol. The highest BCUT2D eigenvalue weighted by molar-refractivity contribution is 6.31. The maximum Gasteiger partial charge on any atom is 0.269 e. The zero-order chi connectivity index (χ0) is 18.1. The summed E-state index contributed by atoms with van der Waals surface area (Å²) in [5, 5.41) is 11.4. The summed E-state index contributed by atoms with van der Waals surface area (Å²) >= 11 is 6.16. The maximum atomic E-state index is 12.9. The highest BCUT2D eigenvalue weighted by atomic mass is 35.5. The molecule has 3 rings (SSSR count). The van der Waals surface area contributed by atoms with Crippen molar-refractivity contribution in [2.24, 2.45) is 23.5 Å². The van der Waals surface area contributed by atoms with Crippen LogP contribution in [0, 0.1) is 27.9 Å². The lowest BCUT2D eigenvalue weighted by Gasteiger charge is -2.44. The third-order valence-corrected chi connectivity index (χ3v) is 6.15. The van der Waals surface area contributed by atoms with Gasteiger partial charge in [-0.3, -0.25) is 14.9 Å². The SMILES string of the molecule is CN(Cc1cc([N+](=O)[O-])ccc1Cl)C(=O)C1CC2CCCC(C1)C2N.Cl. The average molecular weight is 402 g/mol. The van der Waals surface area contributed by atoms with Gasteiger partial charge in [-0.1, -0.05) is 18.0 Å². The van der Waals surface area contributed by atoms with Gasteiger partial charge in [0, 0.05) is 42.7 Å². The second-order valence-corrected chi connectivity index (χ2v) is 7.83. The topological polar surface area (TPSA) is 89.5 Å². The minimum Gasteiger partial charge on any atom is -0.341 e. The largest absolute Gasteiger partial charge is 0.341 e. The van der Waals surface area contributed by atoms with Crippen molar-refractivity contribution in [3.8, 4) is 0 Å². The Balaban J connectivity index is 0.00000243. The van der Waals surface area contributed by atoms with Crippen molar-refractivity contribution in [2.45, 2.75) is 44.7 Å². The predicted molar refractivity (Wildman–Crippen MR) is 103 cm³/mol. The van der Waals surface area contributed by atoms with Gasteiger partial charge < -0.3 is 10.6 Å². The van der Waals surface area contributed by atoms with Crippen molar-refractivity contribution >= 4 is 35.6 Å². The predicted octanol–water partition coefficient (Wildman–Crippen LogP) is 3.78. The molecule has 6 nitrogen and oxygen atoms in total. The minimum atomic E-state index is -0.453. The summed E-state index contributed by atoms with van der Waals surface area (Å²) in [4.78, 5) is 25.0. The Hall–Kier alpha value is -1.37. The molecule has 0 aliphatic heterocycles. The molecule has 26 heavy (non-hydrogen) atoms. The van der Waals surface area contributed by atoms with Gasteiger partial charge in [0.05, 0.1) is 4.92 Å². The van der Waals surface area contributed by atoms with E-state index >= 15 is 0 Å². The molecule has 0 aromatic heterocycles. The standard InChI is InChI=1S/C18H24ClN3O3.ClH/c1-21(10-14-9-15(22(24)25)5-6-16(14)19)18(23)13-7-11-3-2-4-12(8-13)17(11)20;/h5-6,9,11-13,17H,2-4,7-8,10,20H2,1H3;1H. The monoisotopic (exact) mass is 401 g/mol. The molecule has 0 spiro atoms. The molecule has 2 aliphatic rings. The van der Waals surface area contributed by atoms with Gasteiger partial charge >= 0.3 is 0 Å². The van der Waals surface area contributed by atoms with Crippen LogP contribution in [-0.4, -0.2) is 28.8 Å². The average Bonchev–Trinajstić information content (AvgIpc) is 2.55. The first-order valence-electron chi connectivity index (χ1n) is 8.80. The molecule has 2 aliphatic carbocycles. The fourth-order valence-corrected chi connectivity index (χ4v) is 4.61. The van der Waals surface area contributed by atoms with Crippen molar-refractivity contribution in [1.82, 2.24) is 4.90 Å². The number of benzene rings is 1. The van der Waals surface area contributed by atoms with E-state index in [1.165, 1.54) is 24.6 Å². The molecule has 144 valence electrons. The maximum absolute atomic E-state index is 12.9. The zero-order valence-electron chi connectivity index (χ0n) is 14.8. The van der Waals surface area contributed by atoms with E-state index < -0.39 is 4.92 Å². The van der Waals surface area contributed by atoms with Crippen LogP contribution in [-0.2, 0) is 11.3 Å². The summed E-state index contributed by atoms with van der Waals surface area (Å²) in [6, 6.07) is 4.56. The molecule has 2 saturated carbocycles. The number of fused-ring (bicyclic) bond motifs is 2. The molecule has 0 radical (unpaired) electrons. The van der Waals surface area contributed by atoms with Crippen molar-refractivity contribution in [3.63, 3.8) is 0 Å². The van der Waals surface area contributed by atoms with Gasteiger partial charge in [0.2, 0.25) is 5.91 Å². The fraction of sp³-hybridized carbons (Fsp3) is 0.611. The molecule has 1 aromatic carbocycles. The van der Waals surface area contributed by atoms with Gasteiger partial charge in [-0.05, 0) is 49.1 Å². The summed E-state index contributed by atoms with van der Waals surface area (Å²) in [5.74, 6) is 0.969. The van der Waals surface area contributed by atoms with Crippen LogP contribution in [0.15, 0.2) is 18.2 Å². The van der Waals surface area contributed by atoms with Gasteiger partial charge in [-0.15, -0.1) is 12.4 Å². The molecule has 2 atom stereocenters. The van der Waals surface area contributed by atoms with E-state index in [2.05, 4.69) is 0 Å². The Morgan fingerprint density at radius 2 is 1.96 bits per heavy atom. The zero-order valence-corrected chi connectivity index (χ0v) is 16.3. The molecule has 2 N–H and O–H groups in total. The van der Waals surface area contributed by atoms with E-state index in [0.717, 1.165) is 25.7 Å². The van der Waals surface area contributed by atoms with Crippen LogP contribution in [0.25, 0.3) is 0 Å². The number of hydrogen-bond acceptors (Lipinski definition) is 4. The van der Waals surface area contributed by atoms with Crippen LogP contribution in [0.4, 0.5) is 5.69 Å². The lowest BCUT2D eigenvalue weighted by molar-refractivity contribution is -0.384. The van der Waals surface area contributed by atoms with Crippen molar-refractivity contribution in [1.29, 1.82) is 0 Å². The summed E-state index contributed by atoms with van der Waals surface area (Å²) in [5.41, 5.74) is 6.89. The normalized spacial score (nSPS) is 27.3. The fourth-order valence-electron chi connectivity index (χ4n) is 4.43. The first kappa shape index (κ1) is 20.9. The van der Waals surface area contributed by atoms with E-state index in [9.17, 15) is 14.9 Å². The van der Waals surface area contributed by atoms with Gasteiger partial charge in [0.15, 0.2) is 0 Å². The molecule has 1 amide bonds. The number of rotatable bonds is 4. The van der Waals surface area contributed by atoms with Crippen LogP contribution in [0.1, 0.15) is 37.7 Å². The van der Waals surface area contributed by atoms with Crippen LogP contribution < -0.4 is 5.73 Å². The Bertz CT molecular complexity index is 672. The number of non-ortho nitro benzene ring substituents is 1. The van der Waals surface area contributed by atoms with E-state index in [-0.39, 0.29) is 42.5 Å². The van der Waals surface area contributed by atoms with E-state index in [1.807, 2.05) is 0 Å². The third kappa shape index (κ3) is 4.30. The van der Waals surface area contributed by atoms with Crippen LogP contribution >= 0.6 is 24.0 Å². The van der Waals surface area contributed by atoms with Crippen molar-refractivity contribution < 1.29 is 9.72 Å². The lowest BCUT2D eigenvalue weighted by Crippen LogP contribution is -2.49. The highest BCUT2D eigenvalue weighted by Gasteiger charge is 2.41. The van der Waals surface area contributed by atoms with E-state index in [4.69, 9.17) is 17.3 Å². The molecule has 0 heterocycles. The lowest BCUT2D eigenvalue weighted by atomic mass is 9.65. The second kappa shape index (κ2) is 8.55. The highest BCUT2D eigenvalue weighted by Crippen LogP contribution is 2.42. The molecule has 2 fully saturated rings. The van der Waals surface area contributed by atoms with Gasteiger partial charge in [-0.2, -0.15) is 0 Å². The summed E-state index contributed by atoms with van der Waals surface area (Å²) in [6.45, 7) is 0.275. The van der Waals surface area contributed by atoms with Crippen molar-refractivity contribution in [2.75, 3.05) is 7.05 Å². The Morgan fingerprint density at radius 1 is 1.35 bits per heavy atom. The Morgan fingerprint density at radius 3 is 2.54 bits per heavy atom. The van der Waals surface area contributed by atoms with Crippen molar-refractivity contribution in [3.05, 3.63) is 38.9 Å². The first-order valence-corrected chi connectivity index (χ1v) is 9.18. The summed E-state index contributed by atoms with van der Waals surface area (Å²) < 4.78 is 0. The quantitative estimate of drug-likeness (QED) is 0.613. The second-order valence-electron chi connectivity index (χ2n) is 7.42. The number of nitrogens with zero attached hydrogens (tertiary/aromatic N) is 2. The number of amides is 1. The first-order chi connectivity index (χ1) is 11.9. The van der Waals surface area contributed by atoms with Crippen LogP contribution in [0.2, 0.25) is 5.02 Å². The van der Waals surface area contributed by atoms with Gasteiger partial charge in [0.1, 0.15) is 0 Å². The smallest absolute Gasteiger partial charge is 0.269 e. The number of carbonyl (C=O) groups is 1. The molecule has 0 saturated heterocycles. The van der Waals surface area contributed by atoms with E-state index in [0.29, 0.717) is 22.4 Å². The number of carbonyl (C=O) groups excluding carboxylic acids is 1. The molecular formula is C18H25Cl2N3O3. The number of hydrogen-bond donors (Lipinski definition) is 1. The summed E-state index contributed by atoms with van der Waals surface area (Å²) in [7, 11) is 1.74. The third-order valence-electron chi connectivity index (χ3n) is 5.79. The Kier molecular flexibility index (Phi) is 6.88. The van der Waals surface area contributed by atoms with Crippen LogP contribution in [0.5, 0.6) is 0 Å². The molecule has 8 heteroatoms. The minimum absolute atomic E-state index is 0. The molecule has 1 aromatic rings. The summed E-state index contributed by atoms with van der Waals surface area (Å²) in [6.07, 6.45) is 5.14. The molecule has 2 unspecified atom stereocenters. The van der Waals surface area contributed by atoms with Gasteiger partial charge in [-0.25, -0.2) is 0 Å². The number of nitrogens with two attached hydrogens (primary N) is 1. The molecule has 2 bridgehead atoms. The van der Waals surface area contributed by atoms with Gasteiger partial charge in [0.25, 0.3) is 5.69 Å². The van der Waals surface area contributed by atoms with E-state index in [1.54, 1.807) is 11.9 Å².